The molecule has 1 amide bonds. The molecule has 3 rings (SSSR count). The zero-order valence-electron chi connectivity index (χ0n) is 15.7. The standard InChI is InChI=1S/C21H18FNO6/c1-26-15-7-14(8-16(9-15)27-2)23-21(25)19-10-18(24)20(12-29-19)28-11-13-5-3-4-6-17(13)22/h3-10,12H,11H2,1-2H3,(H,23,25). The number of carbonyl (C=O) groups excluding carboxylic acids is 1. The smallest absolute Gasteiger partial charge is 0.291 e. The molecule has 0 saturated heterocycles. The van der Waals surface area contributed by atoms with Crippen LogP contribution in [0.1, 0.15) is 16.1 Å². The lowest BCUT2D eigenvalue weighted by Gasteiger charge is -2.10. The molecule has 0 saturated carbocycles. The number of halogens is 1. The molecule has 0 aliphatic heterocycles. The zero-order valence-corrected chi connectivity index (χ0v) is 15.7. The van der Waals surface area contributed by atoms with Gasteiger partial charge in [0.2, 0.25) is 11.2 Å². The Morgan fingerprint density at radius 3 is 2.38 bits per heavy atom. The molecule has 150 valence electrons. The van der Waals surface area contributed by atoms with Crippen molar-refractivity contribution in [2.75, 3.05) is 19.5 Å². The van der Waals surface area contributed by atoms with E-state index in [1.807, 2.05) is 0 Å². The van der Waals surface area contributed by atoms with Gasteiger partial charge in [0.15, 0.2) is 5.76 Å². The highest BCUT2D eigenvalue weighted by molar-refractivity contribution is 6.02. The lowest BCUT2D eigenvalue weighted by atomic mass is 10.2. The van der Waals surface area contributed by atoms with E-state index in [-0.39, 0.29) is 18.1 Å². The summed E-state index contributed by atoms with van der Waals surface area (Å²) < 4.78 is 34.4. The van der Waals surface area contributed by atoms with Crippen LogP contribution >= 0.6 is 0 Å². The zero-order chi connectivity index (χ0) is 20.8. The highest BCUT2D eigenvalue weighted by Gasteiger charge is 2.14. The predicted octanol–water partition coefficient (Wildman–Crippen LogP) is 3.63. The molecule has 0 bridgehead atoms. The fourth-order valence-corrected chi connectivity index (χ4v) is 2.47. The monoisotopic (exact) mass is 399 g/mol. The number of methoxy groups -OCH3 is 2. The van der Waals surface area contributed by atoms with Crippen LogP contribution in [0.5, 0.6) is 17.2 Å². The van der Waals surface area contributed by atoms with E-state index in [0.29, 0.717) is 22.7 Å². The fourth-order valence-electron chi connectivity index (χ4n) is 2.47. The molecule has 29 heavy (non-hydrogen) atoms. The summed E-state index contributed by atoms with van der Waals surface area (Å²) in [7, 11) is 2.97. The average molecular weight is 399 g/mol. The van der Waals surface area contributed by atoms with Gasteiger partial charge in [-0.05, 0) is 6.07 Å². The third-order valence-electron chi connectivity index (χ3n) is 3.97. The van der Waals surface area contributed by atoms with Gasteiger partial charge in [-0.15, -0.1) is 0 Å². The Morgan fingerprint density at radius 2 is 1.76 bits per heavy atom. The summed E-state index contributed by atoms with van der Waals surface area (Å²) in [4.78, 5) is 24.6. The fraction of sp³-hybridized carbons (Fsp3) is 0.143. The second kappa shape index (κ2) is 8.92. The molecule has 1 heterocycles. The molecule has 0 unspecified atom stereocenters. The van der Waals surface area contributed by atoms with Gasteiger partial charge in [0, 0.05) is 35.5 Å². The maximum Gasteiger partial charge on any atom is 0.291 e. The van der Waals surface area contributed by atoms with Gasteiger partial charge in [-0.3, -0.25) is 9.59 Å². The van der Waals surface area contributed by atoms with Crippen molar-refractivity contribution >= 4 is 11.6 Å². The van der Waals surface area contributed by atoms with Crippen LogP contribution in [0.3, 0.4) is 0 Å². The molecule has 8 heteroatoms. The first-order valence-electron chi connectivity index (χ1n) is 8.53. The van der Waals surface area contributed by atoms with Crippen molar-refractivity contribution in [3.63, 3.8) is 0 Å². The maximum absolute atomic E-state index is 13.6. The molecule has 0 atom stereocenters. The van der Waals surface area contributed by atoms with E-state index in [1.165, 1.54) is 20.3 Å². The number of rotatable bonds is 7. The molecule has 1 N–H and O–H groups in total. The number of amides is 1. The molecule has 2 aromatic carbocycles. The van der Waals surface area contributed by atoms with Crippen molar-refractivity contribution in [3.05, 3.63) is 82.2 Å². The van der Waals surface area contributed by atoms with Gasteiger partial charge in [0.25, 0.3) is 5.91 Å². The Hall–Kier alpha value is -3.81. The molecule has 0 aliphatic rings. The summed E-state index contributed by atoms with van der Waals surface area (Å²) in [6.45, 7) is -0.146. The highest BCUT2D eigenvalue weighted by atomic mass is 19.1. The minimum absolute atomic E-state index is 0.132. The largest absolute Gasteiger partial charge is 0.497 e. The van der Waals surface area contributed by atoms with Crippen molar-refractivity contribution in [2.45, 2.75) is 6.61 Å². The van der Waals surface area contributed by atoms with Crippen LogP contribution in [-0.4, -0.2) is 20.1 Å². The third kappa shape index (κ3) is 4.92. The first-order valence-corrected chi connectivity index (χ1v) is 8.53. The average Bonchev–Trinajstić information content (AvgIpc) is 2.73. The summed E-state index contributed by atoms with van der Waals surface area (Å²) in [6, 6.07) is 11.9. The number of benzene rings is 2. The summed E-state index contributed by atoms with van der Waals surface area (Å²) in [5.74, 6) is -0.460. The molecule has 1 aromatic heterocycles. The van der Waals surface area contributed by atoms with Crippen molar-refractivity contribution in [2.24, 2.45) is 0 Å². The molecular formula is C21H18FNO6. The van der Waals surface area contributed by atoms with Gasteiger partial charge in [0.1, 0.15) is 30.2 Å². The summed E-state index contributed by atoms with van der Waals surface area (Å²) in [5, 5.41) is 2.60. The SMILES string of the molecule is COc1cc(NC(=O)c2cc(=O)c(OCc3ccccc3F)co2)cc(OC)c1. The van der Waals surface area contributed by atoms with Crippen molar-refractivity contribution < 1.29 is 27.8 Å². The van der Waals surface area contributed by atoms with E-state index < -0.39 is 17.2 Å². The minimum atomic E-state index is -0.641. The number of hydrogen-bond acceptors (Lipinski definition) is 6. The van der Waals surface area contributed by atoms with Crippen molar-refractivity contribution in [1.29, 1.82) is 0 Å². The topological polar surface area (TPSA) is 87.0 Å². The second-order valence-corrected chi connectivity index (χ2v) is 5.91. The van der Waals surface area contributed by atoms with E-state index in [9.17, 15) is 14.0 Å². The maximum atomic E-state index is 13.6. The molecular weight excluding hydrogens is 381 g/mol. The summed E-state index contributed by atoms with van der Waals surface area (Å²) in [6.07, 6.45) is 1.02. The Labute approximate surface area is 165 Å². The molecule has 0 aliphatic carbocycles. The van der Waals surface area contributed by atoms with E-state index in [1.54, 1.807) is 36.4 Å². The summed E-state index contributed by atoms with van der Waals surface area (Å²) >= 11 is 0. The molecule has 0 radical (unpaired) electrons. The number of nitrogens with one attached hydrogen (secondary N) is 1. The van der Waals surface area contributed by atoms with Gasteiger partial charge < -0.3 is 23.9 Å². The van der Waals surface area contributed by atoms with Gasteiger partial charge in [-0.25, -0.2) is 4.39 Å². The van der Waals surface area contributed by atoms with Gasteiger partial charge >= 0.3 is 0 Å². The van der Waals surface area contributed by atoms with Crippen LogP contribution in [-0.2, 0) is 6.61 Å². The number of ether oxygens (including phenoxy) is 3. The van der Waals surface area contributed by atoms with Crippen molar-refractivity contribution in [3.8, 4) is 17.2 Å². The molecule has 0 fully saturated rings. The molecule has 0 spiro atoms. The van der Waals surface area contributed by atoms with E-state index in [0.717, 1.165) is 12.3 Å². The summed E-state index contributed by atoms with van der Waals surface area (Å²) in [5.41, 5.74) is 0.121. The van der Waals surface area contributed by atoms with E-state index >= 15 is 0 Å². The molecule has 3 aromatic rings. The van der Waals surface area contributed by atoms with Gasteiger partial charge in [0.05, 0.1) is 14.2 Å². The van der Waals surface area contributed by atoms with Crippen LogP contribution in [0.4, 0.5) is 10.1 Å². The van der Waals surface area contributed by atoms with Crippen LogP contribution in [0.15, 0.2) is 64.0 Å². The van der Waals surface area contributed by atoms with Crippen LogP contribution in [0.2, 0.25) is 0 Å². The van der Waals surface area contributed by atoms with E-state index in [2.05, 4.69) is 5.32 Å². The van der Waals surface area contributed by atoms with Crippen LogP contribution in [0.25, 0.3) is 0 Å². The Bertz CT molecular complexity index is 1060. The predicted molar refractivity (Wildman–Crippen MR) is 103 cm³/mol. The molecule has 7 nitrogen and oxygen atoms in total. The first kappa shape index (κ1) is 19.9. The number of hydrogen-bond donors (Lipinski definition) is 1. The Morgan fingerprint density at radius 1 is 1.07 bits per heavy atom. The normalized spacial score (nSPS) is 10.3. The van der Waals surface area contributed by atoms with Gasteiger partial charge in [-0.2, -0.15) is 0 Å². The number of carbonyl (C=O) groups is 1. The van der Waals surface area contributed by atoms with Crippen LogP contribution in [0, 0.1) is 5.82 Å². The lowest BCUT2D eigenvalue weighted by molar-refractivity contribution is 0.0993. The third-order valence-corrected chi connectivity index (χ3v) is 3.97. The minimum Gasteiger partial charge on any atom is -0.497 e. The highest BCUT2D eigenvalue weighted by Crippen LogP contribution is 2.26. The van der Waals surface area contributed by atoms with Gasteiger partial charge in [-0.1, -0.05) is 18.2 Å². The lowest BCUT2D eigenvalue weighted by Crippen LogP contribution is -2.16. The van der Waals surface area contributed by atoms with E-state index in [4.69, 9.17) is 18.6 Å². The first-order chi connectivity index (χ1) is 14.0. The Balaban J connectivity index is 1.72. The Kier molecular flexibility index (Phi) is 6.13. The van der Waals surface area contributed by atoms with Crippen LogP contribution < -0.4 is 25.0 Å². The van der Waals surface area contributed by atoms with Crippen molar-refractivity contribution in [1.82, 2.24) is 0 Å². The quantitative estimate of drug-likeness (QED) is 0.653. The number of anilines is 1. The second-order valence-electron chi connectivity index (χ2n) is 5.91.